The normalized spacial score (nSPS) is 10.6. The Hall–Kier alpha value is -3.35. The number of amides is 3. The van der Waals surface area contributed by atoms with Crippen molar-refractivity contribution >= 4 is 27.6 Å². The fourth-order valence-electron chi connectivity index (χ4n) is 2.14. The van der Waals surface area contributed by atoms with Crippen LogP contribution in [0.15, 0.2) is 53.4 Å². The van der Waals surface area contributed by atoms with Crippen molar-refractivity contribution in [3.63, 3.8) is 0 Å². The topological polar surface area (TPSA) is 130 Å². The fraction of sp³-hybridized carbons (Fsp3) is 0.111. The minimum atomic E-state index is -3.70. The SMILES string of the molecule is C#CCNS(=O)(=O)c1ccc(C(=O)NCc2ccc(NC(N)=O)cc2)cc1. The van der Waals surface area contributed by atoms with Gasteiger partial charge in [-0.2, -0.15) is 4.72 Å². The van der Waals surface area contributed by atoms with Crippen molar-refractivity contribution in [3.8, 4) is 12.3 Å². The number of carbonyl (C=O) groups is 2. The molecule has 0 aliphatic rings. The van der Waals surface area contributed by atoms with E-state index >= 15 is 0 Å². The summed E-state index contributed by atoms with van der Waals surface area (Å²) in [6.45, 7) is 0.151. The molecule has 5 N–H and O–H groups in total. The Bertz CT molecular complexity index is 962. The van der Waals surface area contributed by atoms with Crippen LogP contribution in [0.25, 0.3) is 0 Å². The van der Waals surface area contributed by atoms with Crippen molar-refractivity contribution < 1.29 is 18.0 Å². The maximum absolute atomic E-state index is 12.2. The van der Waals surface area contributed by atoms with Crippen LogP contribution >= 0.6 is 0 Å². The third-order valence-corrected chi connectivity index (χ3v) is 4.88. The van der Waals surface area contributed by atoms with Gasteiger partial charge in [-0.05, 0) is 42.0 Å². The number of urea groups is 1. The number of terminal acetylenes is 1. The molecule has 9 heteroatoms. The molecule has 0 bridgehead atoms. The summed E-state index contributed by atoms with van der Waals surface area (Å²) in [5.74, 6) is 1.83. The summed E-state index contributed by atoms with van der Waals surface area (Å²) in [6.07, 6.45) is 5.03. The van der Waals surface area contributed by atoms with E-state index in [0.717, 1.165) is 5.56 Å². The lowest BCUT2D eigenvalue weighted by molar-refractivity contribution is 0.0951. The summed E-state index contributed by atoms with van der Waals surface area (Å²) in [6, 6.07) is 11.6. The molecule has 0 fully saturated rings. The molecule has 2 aromatic carbocycles. The summed E-state index contributed by atoms with van der Waals surface area (Å²) in [5.41, 5.74) is 6.71. The largest absolute Gasteiger partial charge is 0.351 e. The quantitative estimate of drug-likeness (QED) is 0.529. The van der Waals surface area contributed by atoms with Gasteiger partial charge in [-0.3, -0.25) is 4.79 Å². The minimum absolute atomic E-state index is 0.0202. The third kappa shape index (κ3) is 5.85. The number of hydrogen-bond acceptors (Lipinski definition) is 4. The average Bonchev–Trinajstić information content (AvgIpc) is 2.65. The van der Waals surface area contributed by atoms with Crippen molar-refractivity contribution in [2.24, 2.45) is 5.73 Å². The van der Waals surface area contributed by atoms with Crippen LogP contribution in [0.2, 0.25) is 0 Å². The molecule has 0 heterocycles. The molecule has 0 atom stereocenters. The lowest BCUT2D eigenvalue weighted by Gasteiger charge is -2.08. The van der Waals surface area contributed by atoms with E-state index in [1.807, 2.05) is 0 Å². The van der Waals surface area contributed by atoms with Gasteiger partial charge >= 0.3 is 6.03 Å². The second-order valence-electron chi connectivity index (χ2n) is 5.42. The van der Waals surface area contributed by atoms with Gasteiger partial charge in [-0.1, -0.05) is 18.1 Å². The van der Waals surface area contributed by atoms with Crippen LogP contribution in [0.5, 0.6) is 0 Å². The van der Waals surface area contributed by atoms with E-state index in [0.29, 0.717) is 11.3 Å². The van der Waals surface area contributed by atoms with Gasteiger partial charge in [-0.15, -0.1) is 6.42 Å². The number of hydrogen-bond donors (Lipinski definition) is 4. The highest BCUT2D eigenvalue weighted by Crippen LogP contribution is 2.12. The maximum Gasteiger partial charge on any atom is 0.316 e. The van der Waals surface area contributed by atoms with E-state index < -0.39 is 16.1 Å². The first kappa shape index (κ1) is 20.0. The summed E-state index contributed by atoms with van der Waals surface area (Å²) >= 11 is 0. The minimum Gasteiger partial charge on any atom is -0.351 e. The van der Waals surface area contributed by atoms with Gasteiger partial charge in [0.15, 0.2) is 0 Å². The van der Waals surface area contributed by atoms with E-state index in [-0.39, 0.29) is 23.9 Å². The number of rotatable bonds is 7. The molecule has 140 valence electrons. The number of nitrogens with one attached hydrogen (secondary N) is 3. The molecule has 0 radical (unpaired) electrons. The van der Waals surface area contributed by atoms with Gasteiger partial charge in [0.25, 0.3) is 5.91 Å². The first-order valence-corrected chi connectivity index (χ1v) is 9.27. The molecule has 0 saturated carbocycles. The Morgan fingerprint density at radius 3 is 2.22 bits per heavy atom. The highest BCUT2D eigenvalue weighted by Gasteiger charge is 2.14. The molecular formula is C18H18N4O4S. The number of nitrogens with two attached hydrogens (primary N) is 1. The zero-order valence-corrected chi connectivity index (χ0v) is 15.0. The van der Waals surface area contributed by atoms with Crippen LogP contribution < -0.4 is 21.1 Å². The zero-order chi connectivity index (χ0) is 19.9. The Morgan fingerprint density at radius 1 is 1.04 bits per heavy atom. The fourth-order valence-corrected chi connectivity index (χ4v) is 3.07. The highest BCUT2D eigenvalue weighted by molar-refractivity contribution is 7.89. The number of primary amides is 1. The van der Waals surface area contributed by atoms with Crippen molar-refractivity contribution in [2.45, 2.75) is 11.4 Å². The number of sulfonamides is 1. The van der Waals surface area contributed by atoms with Crippen LogP contribution in [0, 0.1) is 12.3 Å². The average molecular weight is 386 g/mol. The summed E-state index contributed by atoms with van der Waals surface area (Å²) in [5, 5.41) is 5.16. The molecule has 27 heavy (non-hydrogen) atoms. The molecule has 8 nitrogen and oxygen atoms in total. The molecule has 2 aromatic rings. The standard InChI is InChI=1S/C18H18N4O4S/c1-2-11-21-27(25,26)16-9-5-14(6-10-16)17(23)20-12-13-3-7-15(8-4-13)22-18(19)24/h1,3-10,21H,11-12H2,(H,20,23)(H3,19,22,24). The Morgan fingerprint density at radius 2 is 1.67 bits per heavy atom. The molecule has 0 saturated heterocycles. The molecular weight excluding hydrogens is 368 g/mol. The Kier molecular flexibility index (Phi) is 6.54. The van der Waals surface area contributed by atoms with Gasteiger partial charge in [0, 0.05) is 17.8 Å². The Labute approximate surface area is 157 Å². The maximum atomic E-state index is 12.2. The molecule has 3 amide bonds. The number of anilines is 1. The van der Waals surface area contributed by atoms with E-state index in [2.05, 4.69) is 21.3 Å². The van der Waals surface area contributed by atoms with Gasteiger partial charge < -0.3 is 16.4 Å². The van der Waals surface area contributed by atoms with Gasteiger partial charge in [-0.25, -0.2) is 13.2 Å². The summed E-state index contributed by atoms with van der Waals surface area (Å²) < 4.78 is 26.1. The first-order chi connectivity index (χ1) is 12.8. The van der Waals surface area contributed by atoms with Crippen LogP contribution in [-0.2, 0) is 16.6 Å². The molecule has 0 aliphatic carbocycles. The van der Waals surface area contributed by atoms with Crippen molar-refractivity contribution in [2.75, 3.05) is 11.9 Å². The monoisotopic (exact) mass is 386 g/mol. The van der Waals surface area contributed by atoms with E-state index in [4.69, 9.17) is 12.2 Å². The van der Waals surface area contributed by atoms with Crippen LogP contribution in [-0.4, -0.2) is 26.9 Å². The van der Waals surface area contributed by atoms with E-state index in [1.165, 1.54) is 24.3 Å². The molecule has 0 spiro atoms. The van der Waals surface area contributed by atoms with E-state index in [9.17, 15) is 18.0 Å². The van der Waals surface area contributed by atoms with Crippen LogP contribution in [0.1, 0.15) is 15.9 Å². The highest BCUT2D eigenvalue weighted by atomic mass is 32.2. The molecule has 0 aromatic heterocycles. The van der Waals surface area contributed by atoms with Crippen LogP contribution in [0.4, 0.5) is 10.5 Å². The lowest BCUT2D eigenvalue weighted by atomic mass is 10.2. The first-order valence-electron chi connectivity index (χ1n) is 7.78. The molecule has 0 aliphatic heterocycles. The second-order valence-corrected chi connectivity index (χ2v) is 7.19. The van der Waals surface area contributed by atoms with Crippen molar-refractivity contribution in [1.29, 1.82) is 0 Å². The third-order valence-electron chi connectivity index (χ3n) is 3.47. The van der Waals surface area contributed by atoms with Crippen molar-refractivity contribution in [3.05, 3.63) is 59.7 Å². The predicted octanol–water partition coefficient (Wildman–Crippen LogP) is 1.02. The Balaban J connectivity index is 1.96. The van der Waals surface area contributed by atoms with E-state index in [1.54, 1.807) is 24.3 Å². The lowest BCUT2D eigenvalue weighted by Crippen LogP contribution is -2.25. The molecule has 0 unspecified atom stereocenters. The summed E-state index contributed by atoms with van der Waals surface area (Å²) in [4.78, 5) is 23.0. The van der Waals surface area contributed by atoms with Crippen LogP contribution in [0.3, 0.4) is 0 Å². The number of benzene rings is 2. The van der Waals surface area contributed by atoms with Gasteiger partial charge in [0.1, 0.15) is 0 Å². The second kappa shape index (κ2) is 8.84. The smallest absolute Gasteiger partial charge is 0.316 e. The molecule has 2 rings (SSSR count). The van der Waals surface area contributed by atoms with Gasteiger partial charge in [0.05, 0.1) is 11.4 Å². The zero-order valence-electron chi connectivity index (χ0n) is 14.2. The summed E-state index contributed by atoms with van der Waals surface area (Å²) in [7, 11) is -3.70. The number of carbonyl (C=O) groups excluding carboxylic acids is 2. The van der Waals surface area contributed by atoms with Crippen molar-refractivity contribution in [1.82, 2.24) is 10.0 Å². The van der Waals surface area contributed by atoms with Gasteiger partial charge in [0.2, 0.25) is 10.0 Å². The predicted molar refractivity (Wildman–Crippen MR) is 101 cm³/mol.